The zero-order valence-corrected chi connectivity index (χ0v) is 16.5. The second kappa shape index (κ2) is 7.56. The van der Waals surface area contributed by atoms with E-state index in [1.54, 1.807) is 5.01 Å². The molecule has 6 N–H and O–H groups in total. The molecule has 2 atom stereocenters. The minimum atomic E-state index is -1.50. The molecule has 6 heteroatoms. The maximum atomic E-state index is 8.08. The Bertz CT molecular complexity index is 636. The number of aliphatic hydroxyl groups is 2. The quantitative estimate of drug-likeness (QED) is 0.449. The fourth-order valence-corrected chi connectivity index (χ4v) is 3.30. The molecule has 2 aliphatic rings. The number of benzene rings is 1. The average Bonchev–Trinajstić information content (AvgIpc) is 3.04. The van der Waals surface area contributed by atoms with Crippen molar-refractivity contribution in [2.24, 2.45) is 17.5 Å². The van der Waals surface area contributed by atoms with Crippen molar-refractivity contribution in [3.63, 3.8) is 0 Å². The lowest BCUT2D eigenvalue weighted by molar-refractivity contribution is -0.127. The van der Waals surface area contributed by atoms with Gasteiger partial charge in [0.25, 0.3) is 0 Å². The molecule has 2 aliphatic heterocycles. The lowest BCUT2D eigenvalue weighted by Gasteiger charge is -2.21. The first kappa shape index (κ1) is 20.7. The summed E-state index contributed by atoms with van der Waals surface area (Å²) in [6.45, 7) is 10.8. The summed E-state index contributed by atoms with van der Waals surface area (Å²) in [5, 5.41) is 17.9. The normalized spacial score (nSPS) is 24.8. The van der Waals surface area contributed by atoms with Crippen molar-refractivity contribution in [1.29, 1.82) is 0 Å². The summed E-state index contributed by atoms with van der Waals surface area (Å²) in [5.74, 6) is 4.97. The molecular weight excluding hydrogens is 330 g/mol. The van der Waals surface area contributed by atoms with Crippen LogP contribution in [-0.2, 0) is 10.2 Å². The number of fused-ring (bicyclic) bond motifs is 1. The van der Waals surface area contributed by atoms with Crippen molar-refractivity contribution in [3.8, 4) is 0 Å². The van der Waals surface area contributed by atoms with Crippen molar-refractivity contribution in [1.82, 2.24) is 5.01 Å². The smallest absolute Gasteiger partial charge is 0.156 e. The lowest BCUT2D eigenvalue weighted by Crippen LogP contribution is -2.30. The molecule has 1 aromatic rings. The van der Waals surface area contributed by atoms with Crippen LogP contribution in [-0.4, -0.2) is 40.3 Å². The SMILES string of the molecule is CC(C)(C)c1ccc(/C(N)=C2\C3CCOC3CN2N)cc1.CC(C)(O)O. The van der Waals surface area contributed by atoms with E-state index in [-0.39, 0.29) is 11.5 Å². The van der Waals surface area contributed by atoms with Gasteiger partial charge in [-0.1, -0.05) is 45.0 Å². The van der Waals surface area contributed by atoms with Gasteiger partial charge in [0.15, 0.2) is 5.79 Å². The fraction of sp³-hybridized carbons (Fsp3) is 0.600. The first-order chi connectivity index (χ1) is 11.9. The third-order valence-corrected chi connectivity index (χ3v) is 4.58. The Morgan fingerprint density at radius 3 is 2.15 bits per heavy atom. The van der Waals surface area contributed by atoms with Crippen LogP contribution in [0.1, 0.15) is 52.2 Å². The molecule has 146 valence electrons. The maximum absolute atomic E-state index is 8.08. The van der Waals surface area contributed by atoms with Gasteiger partial charge in [0.1, 0.15) is 0 Å². The minimum absolute atomic E-state index is 0.151. The molecule has 0 amide bonds. The molecule has 0 spiro atoms. The zero-order chi connectivity index (χ0) is 19.7. The summed E-state index contributed by atoms with van der Waals surface area (Å²) in [6.07, 6.45) is 1.21. The molecule has 0 radical (unpaired) electrons. The Hall–Kier alpha value is -1.60. The number of ether oxygens (including phenoxy) is 1. The predicted molar refractivity (Wildman–Crippen MR) is 104 cm³/mol. The van der Waals surface area contributed by atoms with Crippen LogP contribution >= 0.6 is 0 Å². The van der Waals surface area contributed by atoms with Gasteiger partial charge in [-0.2, -0.15) is 0 Å². The molecule has 2 heterocycles. The van der Waals surface area contributed by atoms with Gasteiger partial charge in [0.2, 0.25) is 0 Å². The minimum Gasteiger partial charge on any atom is -0.397 e. The molecule has 0 aliphatic carbocycles. The van der Waals surface area contributed by atoms with Crippen LogP contribution in [0.3, 0.4) is 0 Å². The van der Waals surface area contributed by atoms with E-state index in [0.29, 0.717) is 5.92 Å². The highest BCUT2D eigenvalue weighted by Gasteiger charge is 2.41. The van der Waals surface area contributed by atoms with Crippen LogP contribution in [0.15, 0.2) is 30.0 Å². The van der Waals surface area contributed by atoms with Crippen molar-refractivity contribution >= 4 is 5.70 Å². The van der Waals surface area contributed by atoms with E-state index in [1.165, 1.54) is 19.4 Å². The third kappa shape index (κ3) is 5.20. The topological polar surface area (TPSA) is 105 Å². The van der Waals surface area contributed by atoms with Crippen LogP contribution in [0.5, 0.6) is 0 Å². The monoisotopic (exact) mass is 363 g/mol. The van der Waals surface area contributed by atoms with Crippen LogP contribution < -0.4 is 11.6 Å². The van der Waals surface area contributed by atoms with Gasteiger partial charge in [0, 0.05) is 12.5 Å². The van der Waals surface area contributed by atoms with Gasteiger partial charge in [-0.15, -0.1) is 0 Å². The Morgan fingerprint density at radius 1 is 1.12 bits per heavy atom. The lowest BCUT2D eigenvalue weighted by atomic mass is 9.86. The Kier molecular flexibility index (Phi) is 6.02. The number of nitrogens with two attached hydrogens (primary N) is 2. The van der Waals surface area contributed by atoms with Gasteiger partial charge in [-0.25, -0.2) is 5.84 Å². The molecule has 0 saturated carbocycles. The van der Waals surface area contributed by atoms with Gasteiger partial charge in [0.05, 0.1) is 24.0 Å². The van der Waals surface area contributed by atoms with E-state index < -0.39 is 5.79 Å². The van der Waals surface area contributed by atoms with Gasteiger partial charge in [-0.05, 0) is 36.8 Å². The third-order valence-electron chi connectivity index (χ3n) is 4.58. The zero-order valence-electron chi connectivity index (χ0n) is 16.5. The number of hydrazine groups is 1. The van der Waals surface area contributed by atoms with Crippen LogP contribution in [0.2, 0.25) is 0 Å². The molecule has 2 unspecified atom stereocenters. The van der Waals surface area contributed by atoms with Crippen LogP contribution in [0.25, 0.3) is 5.70 Å². The molecule has 2 fully saturated rings. The summed E-state index contributed by atoms with van der Waals surface area (Å²) in [6, 6.07) is 8.50. The van der Waals surface area contributed by atoms with Gasteiger partial charge in [-0.3, -0.25) is 0 Å². The molecule has 1 aromatic carbocycles. The standard InChI is InChI=1S/C17H25N3O.C3H8O2/c1-17(2,3)12-6-4-11(5-7-12)15(18)16-13-8-9-21-14(13)10-20(16)19;1-3(2,4)5/h4-7,13-14H,8-10,18-19H2,1-3H3;4-5H,1-2H3/b16-15-;. The largest absolute Gasteiger partial charge is 0.397 e. The second-order valence-electron chi connectivity index (χ2n) is 8.58. The number of hydrogen-bond donors (Lipinski definition) is 4. The fourth-order valence-electron chi connectivity index (χ4n) is 3.30. The Morgan fingerprint density at radius 2 is 1.65 bits per heavy atom. The molecule has 2 saturated heterocycles. The Balaban J connectivity index is 0.000000431. The summed E-state index contributed by atoms with van der Waals surface area (Å²) >= 11 is 0. The van der Waals surface area contributed by atoms with E-state index >= 15 is 0 Å². The van der Waals surface area contributed by atoms with E-state index in [0.717, 1.165) is 36.5 Å². The first-order valence-corrected chi connectivity index (χ1v) is 9.07. The van der Waals surface area contributed by atoms with E-state index in [2.05, 4.69) is 45.0 Å². The molecule has 0 aromatic heterocycles. The van der Waals surface area contributed by atoms with Gasteiger partial charge >= 0.3 is 0 Å². The van der Waals surface area contributed by atoms with Crippen LogP contribution in [0, 0.1) is 5.92 Å². The maximum Gasteiger partial charge on any atom is 0.156 e. The highest BCUT2D eigenvalue weighted by molar-refractivity contribution is 5.67. The van der Waals surface area contributed by atoms with Crippen molar-refractivity contribution in [3.05, 3.63) is 41.1 Å². The molecule has 26 heavy (non-hydrogen) atoms. The van der Waals surface area contributed by atoms with E-state index in [1.807, 2.05) is 0 Å². The highest BCUT2D eigenvalue weighted by atomic mass is 16.5. The van der Waals surface area contributed by atoms with Gasteiger partial charge < -0.3 is 25.7 Å². The average molecular weight is 364 g/mol. The Labute approximate surface area is 156 Å². The number of nitrogens with zero attached hydrogens (tertiary/aromatic N) is 1. The van der Waals surface area contributed by atoms with Crippen LogP contribution in [0.4, 0.5) is 0 Å². The van der Waals surface area contributed by atoms with E-state index in [4.69, 9.17) is 26.5 Å². The van der Waals surface area contributed by atoms with Crippen molar-refractivity contribution in [2.45, 2.75) is 58.3 Å². The molecule has 3 rings (SSSR count). The number of rotatable bonds is 1. The molecular formula is C20H33N3O3. The van der Waals surface area contributed by atoms with Crippen molar-refractivity contribution in [2.75, 3.05) is 13.2 Å². The van der Waals surface area contributed by atoms with E-state index in [9.17, 15) is 0 Å². The summed E-state index contributed by atoms with van der Waals surface area (Å²) in [7, 11) is 0. The molecule has 6 nitrogen and oxygen atoms in total. The summed E-state index contributed by atoms with van der Waals surface area (Å²) in [5.41, 5.74) is 10.7. The van der Waals surface area contributed by atoms with Crippen molar-refractivity contribution < 1.29 is 14.9 Å². The second-order valence-corrected chi connectivity index (χ2v) is 8.58. The summed E-state index contributed by atoms with van der Waals surface area (Å²) in [4.78, 5) is 0. The predicted octanol–water partition coefficient (Wildman–Crippen LogP) is 1.91. The first-order valence-electron chi connectivity index (χ1n) is 9.07. The number of hydrogen-bond acceptors (Lipinski definition) is 6. The molecule has 0 bridgehead atoms. The highest BCUT2D eigenvalue weighted by Crippen LogP contribution is 2.38. The summed E-state index contributed by atoms with van der Waals surface area (Å²) < 4.78 is 5.72.